The van der Waals surface area contributed by atoms with E-state index in [0.717, 1.165) is 0 Å². The van der Waals surface area contributed by atoms with Crippen molar-refractivity contribution >= 4 is 81.7 Å². The third-order valence-corrected chi connectivity index (χ3v) is 14.3. The van der Waals surface area contributed by atoms with E-state index in [1.54, 1.807) is 177 Å². The molecule has 78 heavy (non-hydrogen) atoms. The number of rotatable bonds is 18. The van der Waals surface area contributed by atoms with Crippen molar-refractivity contribution in [2.24, 2.45) is 11.8 Å². The fourth-order valence-corrected chi connectivity index (χ4v) is 9.39. The molecule has 0 bridgehead atoms. The van der Waals surface area contributed by atoms with Crippen LogP contribution in [0.3, 0.4) is 0 Å². The van der Waals surface area contributed by atoms with E-state index in [2.05, 4.69) is 0 Å². The van der Waals surface area contributed by atoms with Gasteiger partial charge in [-0.1, -0.05) is 6.07 Å². The summed E-state index contributed by atoms with van der Waals surface area (Å²) in [7, 11) is 4.76. The number of thiophene rings is 1. The van der Waals surface area contributed by atoms with Crippen molar-refractivity contribution in [2.75, 3.05) is 42.4 Å². The molecule has 1 heterocycles. The van der Waals surface area contributed by atoms with Gasteiger partial charge in [0.2, 0.25) is 0 Å². The highest BCUT2D eigenvalue weighted by molar-refractivity contribution is 7.12. The smallest absolute Gasteiger partial charge is 0.343 e. The summed E-state index contributed by atoms with van der Waals surface area (Å²) >= 11 is 1.33. The normalized spacial score (nSPS) is 13.9. The zero-order valence-electron chi connectivity index (χ0n) is 43.5. The van der Waals surface area contributed by atoms with E-state index in [4.69, 9.17) is 18.9 Å². The first-order valence-corrected chi connectivity index (χ1v) is 26.0. The van der Waals surface area contributed by atoms with Crippen LogP contribution in [0.1, 0.15) is 107 Å². The number of methoxy groups -OCH3 is 1. The Morgan fingerprint density at radius 1 is 0.538 bits per heavy atom. The van der Waals surface area contributed by atoms with Gasteiger partial charge in [0.25, 0.3) is 17.7 Å². The Morgan fingerprint density at radius 3 is 1.51 bits per heavy atom. The van der Waals surface area contributed by atoms with Crippen LogP contribution in [-0.2, 0) is 9.59 Å². The maximum atomic E-state index is 13.7. The van der Waals surface area contributed by atoms with Gasteiger partial charge in [0, 0.05) is 65.5 Å². The van der Waals surface area contributed by atoms with Gasteiger partial charge in [-0.2, -0.15) is 0 Å². The highest BCUT2D eigenvalue weighted by atomic mass is 32.1. The number of esters is 3. The molecule has 15 nitrogen and oxygen atoms in total. The highest BCUT2D eigenvalue weighted by Gasteiger charge is 2.33. The van der Waals surface area contributed by atoms with Crippen molar-refractivity contribution in [1.29, 1.82) is 0 Å². The molecule has 1 aromatic heterocycles. The van der Waals surface area contributed by atoms with E-state index in [9.17, 15) is 38.4 Å². The first kappa shape index (κ1) is 55.0. The molecule has 1 aliphatic carbocycles. The number of Topliss-reactive ketones (excluding diaryl/α,β-unsaturated/α-hetero) is 1. The van der Waals surface area contributed by atoms with Crippen LogP contribution >= 0.6 is 11.3 Å². The number of allylic oxidation sites excluding steroid dienone is 1. The van der Waals surface area contributed by atoms with Gasteiger partial charge in [-0.15, -0.1) is 11.3 Å². The molecule has 0 unspecified atom stereocenters. The largest absolute Gasteiger partial charge is 0.497 e. The molecular weight excluding hydrogens is 1010 g/mol. The van der Waals surface area contributed by atoms with Gasteiger partial charge in [-0.25, -0.2) is 4.79 Å². The molecule has 0 saturated heterocycles. The van der Waals surface area contributed by atoms with Gasteiger partial charge in [0.1, 0.15) is 23.0 Å². The summed E-state index contributed by atoms with van der Waals surface area (Å²) in [6, 6.07) is 40.7. The summed E-state index contributed by atoms with van der Waals surface area (Å²) in [6.45, 7) is 3.63. The summed E-state index contributed by atoms with van der Waals surface area (Å²) in [5.74, 6) is -2.15. The Balaban J connectivity index is 0.788. The van der Waals surface area contributed by atoms with E-state index in [-0.39, 0.29) is 46.4 Å². The Kier molecular flexibility index (Phi) is 17.6. The van der Waals surface area contributed by atoms with Crippen molar-refractivity contribution in [3.05, 3.63) is 201 Å². The summed E-state index contributed by atoms with van der Waals surface area (Å²) in [6.07, 6.45) is 4.71. The van der Waals surface area contributed by atoms with E-state index < -0.39 is 29.7 Å². The number of nitrogens with zero attached hydrogens (tertiary/aromatic N) is 3. The van der Waals surface area contributed by atoms with E-state index in [1.165, 1.54) is 41.2 Å². The topological polar surface area (TPSA) is 183 Å². The SMILES string of the molecule is CCN(C(=O)c1ccc(OC(=O)C2CCC(C(=O)Oc3ccc(OC)cc3/C=C/C(=O)c3cccs3)CC2)cc1)c1ccc(OC(=O)c2ccc(N(C)C(=O)c3ccc(C(=O)N(C)c4ccc(C(C)=O)cc4)cc3)cc2)cc1. The number of benzene rings is 6. The molecule has 7 aromatic rings. The van der Waals surface area contributed by atoms with Crippen LogP contribution in [-0.4, -0.2) is 74.9 Å². The first-order valence-electron chi connectivity index (χ1n) is 25.1. The summed E-state index contributed by atoms with van der Waals surface area (Å²) in [5.41, 5.74) is 4.07. The van der Waals surface area contributed by atoms with Crippen molar-refractivity contribution in [1.82, 2.24) is 0 Å². The van der Waals surface area contributed by atoms with Gasteiger partial charge in [0.05, 0.1) is 29.4 Å². The average molecular weight is 1070 g/mol. The number of ether oxygens (including phenoxy) is 4. The van der Waals surface area contributed by atoms with E-state index in [0.29, 0.717) is 93.5 Å². The van der Waals surface area contributed by atoms with Gasteiger partial charge < -0.3 is 33.6 Å². The molecule has 0 N–H and O–H groups in total. The van der Waals surface area contributed by atoms with Gasteiger partial charge >= 0.3 is 17.9 Å². The van der Waals surface area contributed by atoms with Crippen LogP contribution in [0.15, 0.2) is 163 Å². The lowest BCUT2D eigenvalue weighted by Crippen LogP contribution is -2.31. The summed E-state index contributed by atoms with van der Waals surface area (Å²) in [5, 5.41) is 1.82. The molecule has 16 heteroatoms. The van der Waals surface area contributed by atoms with Crippen LogP contribution in [0.4, 0.5) is 17.1 Å². The zero-order chi connectivity index (χ0) is 55.5. The molecule has 396 valence electrons. The van der Waals surface area contributed by atoms with Crippen molar-refractivity contribution < 1.29 is 57.3 Å². The summed E-state index contributed by atoms with van der Waals surface area (Å²) in [4.78, 5) is 109. The quantitative estimate of drug-likeness (QED) is 0.0343. The monoisotopic (exact) mass is 1070 g/mol. The fourth-order valence-electron chi connectivity index (χ4n) is 8.74. The Bertz CT molecular complexity index is 3370. The number of hydrogen-bond acceptors (Lipinski definition) is 13. The fraction of sp³-hybridized carbons (Fsp3) is 0.194. The Morgan fingerprint density at radius 2 is 1.00 bits per heavy atom. The Labute approximate surface area is 455 Å². The molecule has 3 amide bonds. The maximum absolute atomic E-state index is 13.7. The standard InChI is InChI=1S/C62H55N3O12S/c1-6-65(59(70)43-21-30-51(31-22-43)75-60(71)44-13-15-45(16-14-44)62(73)77-55-36-34-53(74-5)38-47(55)23-35-54(67)56-8-7-37-78-56)50-28-32-52(33-29-50)76-61(72)46-19-26-49(27-20-46)64(4)58(69)42-11-9-41(10-12-42)57(68)63(3)48-24-17-40(18-25-48)39(2)66/h7-12,17-38,44-45H,6,13-16H2,1-5H3/b35-23+. The maximum Gasteiger partial charge on any atom is 0.343 e. The highest BCUT2D eigenvalue weighted by Crippen LogP contribution is 2.34. The van der Waals surface area contributed by atoms with Crippen molar-refractivity contribution in [2.45, 2.75) is 39.5 Å². The zero-order valence-corrected chi connectivity index (χ0v) is 44.3. The van der Waals surface area contributed by atoms with Gasteiger partial charge in [-0.3, -0.25) is 33.6 Å². The van der Waals surface area contributed by atoms with E-state index in [1.807, 2.05) is 12.3 Å². The van der Waals surface area contributed by atoms with Gasteiger partial charge in [0.15, 0.2) is 11.6 Å². The summed E-state index contributed by atoms with van der Waals surface area (Å²) < 4.78 is 22.5. The number of carbonyl (C=O) groups is 8. The predicted molar refractivity (Wildman–Crippen MR) is 297 cm³/mol. The molecule has 0 spiro atoms. The molecule has 6 aromatic carbocycles. The molecular formula is C62H55N3O12S. The van der Waals surface area contributed by atoms with Crippen molar-refractivity contribution in [3.8, 4) is 23.0 Å². The number of amides is 3. The lowest BCUT2D eigenvalue weighted by molar-refractivity contribution is -0.145. The van der Waals surface area contributed by atoms with Crippen LogP contribution in [0, 0.1) is 11.8 Å². The third-order valence-electron chi connectivity index (χ3n) is 13.4. The molecule has 8 rings (SSSR count). The van der Waals surface area contributed by atoms with Crippen LogP contribution < -0.4 is 33.6 Å². The molecule has 1 fully saturated rings. The number of anilines is 3. The molecule has 1 aliphatic rings. The van der Waals surface area contributed by atoms with Crippen LogP contribution in [0.25, 0.3) is 6.08 Å². The first-order chi connectivity index (χ1) is 37.6. The third kappa shape index (κ3) is 13.2. The van der Waals surface area contributed by atoms with E-state index >= 15 is 0 Å². The van der Waals surface area contributed by atoms with Crippen LogP contribution in [0.2, 0.25) is 0 Å². The minimum Gasteiger partial charge on any atom is -0.497 e. The number of ketones is 2. The second kappa shape index (κ2) is 25.0. The lowest BCUT2D eigenvalue weighted by atomic mass is 9.82. The second-order valence-corrected chi connectivity index (χ2v) is 19.3. The lowest BCUT2D eigenvalue weighted by Gasteiger charge is -2.26. The number of carbonyl (C=O) groups excluding carboxylic acids is 8. The molecule has 1 saturated carbocycles. The second-order valence-electron chi connectivity index (χ2n) is 18.4. The average Bonchev–Trinajstić information content (AvgIpc) is 4.04. The minimum absolute atomic E-state index is 0.0711. The number of hydrogen-bond donors (Lipinski definition) is 0. The minimum atomic E-state index is -0.630. The van der Waals surface area contributed by atoms with Gasteiger partial charge in [-0.05, 0) is 203 Å². The molecule has 0 radical (unpaired) electrons. The Hall–Kier alpha value is -9.28. The van der Waals surface area contributed by atoms with Crippen LogP contribution in [0.5, 0.6) is 23.0 Å². The predicted octanol–water partition coefficient (Wildman–Crippen LogP) is 11.6. The van der Waals surface area contributed by atoms with Crippen molar-refractivity contribution in [3.63, 3.8) is 0 Å². The molecule has 0 atom stereocenters. The molecule has 0 aliphatic heterocycles.